The number of rotatable bonds is 6. The normalized spacial score (nSPS) is 23.2. The van der Waals surface area contributed by atoms with E-state index in [1.807, 2.05) is 17.3 Å². The van der Waals surface area contributed by atoms with Gasteiger partial charge in [0.05, 0.1) is 24.8 Å². The molecule has 0 bridgehead atoms. The van der Waals surface area contributed by atoms with Gasteiger partial charge in [0.15, 0.2) is 0 Å². The summed E-state index contributed by atoms with van der Waals surface area (Å²) in [6, 6.07) is 0. The van der Waals surface area contributed by atoms with Crippen LogP contribution in [0.5, 0.6) is 0 Å². The summed E-state index contributed by atoms with van der Waals surface area (Å²) in [5, 5.41) is 6.85. The molecule has 1 atom stereocenters. The van der Waals surface area contributed by atoms with E-state index in [4.69, 9.17) is 4.74 Å². The van der Waals surface area contributed by atoms with E-state index in [1.165, 1.54) is 7.11 Å². The van der Waals surface area contributed by atoms with Crippen LogP contribution in [0.2, 0.25) is 0 Å². The molecule has 7 heteroatoms. The molecular weight excluding hydrogens is 332 g/mol. The van der Waals surface area contributed by atoms with Crippen molar-refractivity contribution in [3.63, 3.8) is 0 Å². The van der Waals surface area contributed by atoms with Gasteiger partial charge in [-0.15, -0.1) is 0 Å². The van der Waals surface area contributed by atoms with E-state index >= 15 is 0 Å². The van der Waals surface area contributed by atoms with E-state index in [1.54, 1.807) is 0 Å². The van der Waals surface area contributed by atoms with E-state index in [2.05, 4.69) is 28.9 Å². The number of hydrogen-bond donors (Lipinski definition) is 1. The lowest BCUT2D eigenvalue weighted by Crippen LogP contribution is -2.57. The minimum Gasteiger partial charge on any atom is -0.469 e. The maximum absolute atomic E-state index is 12.7. The van der Waals surface area contributed by atoms with Gasteiger partial charge in [0.1, 0.15) is 0 Å². The first-order valence-corrected chi connectivity index (χ1v) is 9.54. The summed E-state index contributed by atoms with van der Waals surface area (Å²) in [5.74, 6) is 0.0412. The topological polar surface area (TPSA) is 78.5 Å². The van der Waals surface area contributed by atoms with Crippen LogP contribution in [0.25, 0.3) is 0 Å². The lowest BCUT2D eigenvalue weighted by atomic mass is 9.76. The summed E-state index contributed by atoms with van der Waals surface area (Å²) in [5.41, 5.74) is 0.774. The minimum absolute atomic E-state index is 0.101. The molecule has 2 saturated heterocycles. The van der Waals surface area contributed by atoms with Crippen LogP contribution < -0.4 is 0 Å². The van der Waals surface area contributed by atoms with Crippen LogP contribution in [0.3, 0.4) is 0 Å². The molecule has 144 valence electrons. The monoisotopic (exact) mass is 362 g/mol. The fourth-order valence-electron chi connectivity index (χ4n) is 4.43. The summed E-state index contributed by atoms with van der Waals surface area (Å²) in [7, 11) is 1.42. The number of likely N-dealkylation sites (tertiary alicyclic amines) is 2. The Balaban J connectivity index is 1.75. The lowest BCUT2D eigenvalue weighted by Gasteiger charge is -2.47. The first kappa shape index (κ1) is 18.9. The van der Waals surface area contributed by atoms with E-state index in [-0.39, 0.29) is 29.8 Å². The Kier molecular flexibility index (Phi) is 5.65. The molecule has 1 amide bonds. The predicted octanol–water partition coefficient (Wildman–Crippen LogP) is 1.81. The van der Waals surface area contributed by atoms with Crippen LogP contribution in [0.1, 0.15) is 45.1 Å². The molecule has 3 rings (SSSR count). The van der Waals surface area contributed by atoms with E-state index < -0.39 is 0 Å². The number of aromatic amines is 1. The minimum atomic E-state index is -0.383. The Labute approximate surface area is 155 Å². The number of nitrogens with one attached hydrogen (secondary N) is 1. The number of methoxy groups -OCH3 is 1. The zero-order chi connectivity index (χ0) is 18.7. The average Bonchev–Trinajstić information content (AvgIpc) is 3.21. The van der Waals surface area contributed by atoms with Crippen molar-refractivity contribution in [3.8, 4) is 0 Å². The highest BCUT2D eigenvalue weighted by Crippen LogP contribution is 2.44. The van der Waals surface area contributed by atoms with Crippen molar-refractivity contribution in [2.24, 2.45) is 11.8 Å². The van der Waals surface area contributed by atoms with Crippen LogP contribution in [-0.4, -0.2) is 64.2 Å². The average molecular weight is 362 g/mol. The SMILES string of the molecule is COC(=O)C1CC(=O)N(CCC(C)C)C12CCN(Cc1cn[nH]c1)CC2. The molecule has 0 saturated carbocycles. The zero-order valence-corrected chi connectivity index (χ0v) is 16.0. The molecule has 1 aromatic rings. The quantitative estimate of drug-likeness (QED) is 0.781. The summed E-state index contributed by atoms with van der Waals surface area (Å²) in [6.07, 6.45) is 6.63. The van der Waals surface area contributed by atoms with Gasteiger partial charge in [0.25, 0.3) is 0 Å². The van der Waals surface area contributed by atoms with Crippen molar-refractivity contribution in [1.82, 2.24) is 20.0 Å². The molecule has 26 heavy (non-hydrogen) atoms. The second kappa shape index (κ2) is 7.78. The second-order valence-corrected chi connectivity index (χ2v) is 7.99. The molecule has 0 aliphatic carbocycles. The van der Waals surface area contributed by atoms with Crippen molar-refractivity contribution in [3.05, 3.63) is 18.0 Å². The molecule has 7 nitrogen and oxygen atoms in total. The Morgan fingerprint density at radius 1 is 1.42 bits per heavy atom. The molecular formula is C19H30N4O3. The third kappa shape index (κ3) is 3.63. The molecule has 2 fully saturated rings. The van der Waals surface area contributed by atoms with Gasteiger partial charge in [0, 0.05) is 44.4 Å². The molecule has 1 N–H and O–H groups in total. The molecule has 3 heterocycles. The first-order valence-electron chi connectivity index (χ1n) is 9.54. The summed E-state index contributed by atoms with van der Waals surface area (Å²) < 4.78 is 5.05. The molecule has 2 aliphatic heterocycles. The van der Waals surface area contributed by atoms with E-state index in [0.717, 1.165) is 51.0 Å². The number of nitrogens with zero attached hydrogens (tertiary/aromatic N) is 3. The third-order valence-electron chi connectivity index (χ3n) is 5.96. The number of hydrogen-bond acceptors (Lipinski definition) is 5. The van der Waals surface area contributed by atoms with Gasteiger partial charge in [-0.25, -0.2) is 0 Å². The zero-order valence-electron chi connectivity index (χ0n) is 16.0. The molecule has 1 aromatic heterocycles. The number of aromatic nitrogens is 2. The molecule has 0 radical (unpaired) electrons. The van der Waals surface area contributed by atoms with E-state index in [9.17, 15) is 9.59 Å². The van der Waals surface area contributed by atoms with Gasteiger partial charge >= 0.3 is 5.97 Å². The van der Waals surface area contributed by atoms with Crippen molar-refractivity contribution >= 4 is 11.9 Å². The van der Waals surface area contributed by atoms with Crippen LogP contribution in [-0.2, 0) is 20.9 Å². The van der Waals surface area contributed by atoms with Crippen LogP contribution in [0, 0.1) is 11.8 Å². The highest BCUT2D eigenvalue weighted by Gasteiger charge is 2.56. The Bertz CT molecular complexity index is 621. The molecule has 2 aliphatic rings. The van der Waals surface area contributed by atoms with Crippen LogP contribution >= 0.6 is 0 Å². The highest BCUT2D eigenvalue weighted by molar-refractivity contribution is 5.89. The molecule has 0 aromatic carbocycles. The van der Waals surface area contributed by atoms with Gasteiger partial charge in [-0.05, 0) is 25.2 Å². The third-order valence-corrected chi connectivity index (χ3v) is 5.96. The molecule has 1 unspecified atom stereocenters. The number of ether oxygens (including phenoxy) is 1. The van der Waals surface area contributed by atoms with Crippen molar-refractivity contribution in [2.45, 2.75) is 51.6 Å². The maximum atomic E-state index is 12.7. The fraction of sp³-hybridized carbons (Fsp3) is 0.737. The lowest BCUT2D eigenvalue weighted by molar-refractivity contribution is -0.150. The predicted molar refractivity (Wildman–Crippen MR) is 97.1 cm³/mol. The number of carbonyl (C=O) groups is 2. The number of carbonyl (C=O) groups excluding carboxylic acids is 2. The van der Waals surface area contributed by atoms with Crippen molar-refractivity contribution < 1.29 is 14.3 Å². The molecule has 1 spiro atoms. The van der Waals surface area contributed by atoms with Crippen molar-refractivity contribution in [1.29, 1.82) is 0 Å². The van der Waals surface area contributed by atoms with Crippen molar-refractivity contribution in [2.75, 3.05) is 26.7 Å². The van der Waals surface area contributed by atoms with Gasteiger partial charge in [-0.3, -0.25) is 19.6 Å². The smallest absolute Gasteiger partial charge is 0.311 e. The van der Waals surface area contributed by atoms with Gasteiger partial charge < -0.3 is 9.64 Å². The highest BCUT2D eigenvalue weighted by atomic mass is 16.5. The Morgan fingerprint density at radius 2 is 2.15 bits per heavy atom. The summed E-state index contributed by atoms with van der Waals surface area (Å²) in [6.45, 7) is 7.63. The fourth-order valence-corrected chi connectivity index (χ4v) is 4.43. The maximum Gasteiger partial charge on any atom is 0.311 e. The van der Waals surface area contributed by atoms with Crippen LogP contribution in [0.15, 0.2) is 12.4 Å². The van der Waals surface area contributed by atoms with Gasteiger partial charge in [-0.1, -0.05) is 13.8 Å². The first-order chi connectivity index (χ1) is 12.5. The van der Waals surface area contributed by atoms with Gasteiger partial charge in [-0.2, -0.15) is 5.10 Å². The number of H-pyrrole nitrogens is 1. The standard InChI is InChI=1S/C19H30N4O3/c1-14(2)4-7-23-17(24)10-16(18(25)26-3)19(23)5-8-22(9-6-19)13-15-11-20-21-12-15/h11-12,14,16H,4-10,13H2,1-3H3,(H,20,21). The Morgan fingerprint density at radius 3 is 2.73 bits per heavy atom. The largest absolute Gasteiger partial charge is 0.469 e. The number of amides is 1. The summed E-state index contributed by atoms with van der Waals surface area (Å²) in [4.78, 5) is 29.5. The van der Waals surface area contributed by atoms with Gasteiger partial charge in [0.2, 0.25) is 5.91 Å². The Hall–Kier alpha value is -1.89. The summed E-state index contributed by atoms with van der Waals surface area (Å²) >= 11 is 0. The van der Waals surface area contributed by atoms with Crippen LogP contribution in [0.4, 0.5) is 0 Å². The number of esters is 1. The van der Waals surface area contributed by atoms with E-state index in [0.29, 0.717) is 5.92 Å². The number of piperidine rings is 1. The second-order valence-electron chi connectivity index (χ2n) is 7.99.